The molecule has 0 spiro atoms. The normalized spacial score (nSPS) is 14.8. The molecule has 5 nitrogen and oxygen atoms in total. The molecule has 0 saturated carbocycles. The molecule has 0 saturated heterocycles. The van der Waals surface area contributed by atoms with E-state index in [2.05, 4.69) is 17.4 Å². The zero-order valence-electron chi connectivity index (χ0n) is 14.9. The quantitative estimate of drug-likeness (QED) is 0.603. The third kappa shape index (κ3) is 3.43. The number of hydrogen-bond acceptors (Lipinski definition) is 3. The summed E-state index contributed by atoms with van der Waals surface area (Å²) in [6, 6.07) is 15.2. The van der Waals surface area contributed by atoms with Gasteiger partial charge in [-0.2, -0.15) is 0 Å². The molecule has 5 heteroatoms. The number of rotatable bonds is 6. The number of hydrogen-bond donors (Lipinski definition) is 2. The van der Waals surface area contributed by atoms with Gasteiger partial charge in [0, 0.05) is 5.92 Å². The van der Waals surface area contributed by atoms with Crippen LogP contribution in [0.4, 0.5) is 4.79 Å². The van der Waals surface area contributed by atoms with Crippen molar-refractivity contribution in [2.24, 2.45) is 5.92 Å². The van der Waals surface area contributed by atoms with Crippen molar-refractivity contribution in [1.29, 1.82) is 0 Å². The first-order valence-corrected chi connectivity index (χ1v) is 8.87. The summed E-state index contributed by atoms with van der Waals surface area (Å²) >= 11 is 0. The Kier molecular flexibility index (Phi) is 5.26. The van der Waals surface area contributed by atoms with Gasteiger partial charge in [0.1, 0.15) is 12.6 Å². The van der Waals surface area contributed by atoms with E-state index >= 15 is 0 Å². The molecular formula is C21H23NO4. The maximum atomic E-state index is 12.2. The summed E-state index contributed by atoms with van der Waals surface area (Å²) < 4.78 is 5.40. The summed E-state index contributed by atoms with van der Waals surface area (Å²) in [4.78, 5) is 23.5. The summed E-state index contributed by atoms with van der Waals surface area (Å²) in [6.45, 7) is 3.86. The van der Waals surface area contributed by atoms with Gasteiger partial charge in [0.2, 0.25) is 0 Å². The van der Waals surface area contributed by atoms with Crippen molar-refractivity contribution < 1.29 is 19.4 Å². The topological polar surface area (TPSA) is 75.6 Å². The maximum Gasteiger partial charge on any atom is 0.407 e. The minimum Gasteiger partial charge on any atom is -0.480 e. The van der Waals surface area contributed by atoms with Gasteiger partial charge in [-0.3, -0.25) is 0 Å². The third-order valence-electron chi connectivity index (χ3n) is 5.10. The number of aliphatic carboxylic acids is 1. The van der Waals surface area contributed by atoms with E-state index in [9.17, 15) is 14.7 Å². The van der Waals surface area contributed by atoms with Crippen LogP contribution >= 0.6 is 0 Å². The maximum absolute atomic E-state index is 12.2. The van der Waals surface area contributed by atoms with Crippen LogP contribution in [0.2, 0.25) is 0 Å². The average molecular weight is 360 g/mol. The van der Waals surface area contributed by atoms with E-state index in [0.717, 1.165) is 22.3 Å². The number of ether oxygens (including phenoxy) is 1. The summed E-state index contributed by atoms with van der Waals surface area (Å²) in [6.07, 6.45) is -0.0415. The second-order valence-corrected chi connectivity index (χ2v) is 6.67. The van der Waals surface area contributed by atoms with Crippen LogP contribution < -0.4 is 5.32 Å². The number of fused-ring (bicyclic) bond motifs is 3. The lowest BCUT2D eigenvalue weighted by Gasteiger charge is -2.21. The van der Waals surface area contributed by atoms with Crippen LogP contribution in [0, 0.1) is 5.92 Å². The molecule has 1 amide bonds. The highest BCUT2D eigenvalue weighted by atomic mass is 16.6. The van der Waals surface area contributed by atoms with Gasteiger partial charge < -0.3 is 15.2 Å². The number of nitrogens with one attached hydrogen (secondary N) is 1. The molecule has 0 heterocycles. The predicted octanol–water partition coefficient (Wildman–Crippen LogP) is 4.02. The van der Waals surface area contributed by atoms with Gasteiger partial charge in [-0.05, 0) is 28.2 Å². The Morgan fingerprint density at radius 3 is 2.12 bits per heavy atom. The first-order chi connectivity index (χ1) is 12.5. The minimum atomic E-state index is -1.05. The lowest BCUT2D eigenvalue weighted by molar-refractivity contribution is -0.140. The van der Waals surface area contributed by atoms with Crippen molar-refractivity contribution in [1.82, 2.24) is 5.32 Å². The Morgan fingerprint density at radius 2 is 1.62 bits per heavy atom. The second-order valence-electron chi connectivity index (χ2n) is 6.67. The molecule has 2 aromatic rings. The largest absolute Gasteiger partial charge is 0.480 e. The molecule has 0 aliphatic heterocycles. The van der Waals surface area contributed by atoms with Crippen LogP contribution in [0.3, 0.4) is 0 Å². The van der Waals surface area contributed by atoms with Crippen LogP contribution in [0.5, 0.6) is 0 Å². The minimum absolute atomic E-state index is 0.0416. The average Bonchev–Trinajstić information content (AvgIpc) is 2.97. The van der Waals surface area contributed by atoms with E-state index in [4.69, 9.17) is 4.74 Å². The molecule has 0 radical (unpaired) electrons. The number of carbonyl (C=O) groups excluding carboxylic acids is 1. The number of carboxylic acid groups (broad SMARTS) is 1. The zero-order chi connectivity index (χ0) is 18.7. The van der Waals surface area contributed by atoms with E-state index in [1.54, 1.807) is 6.92 Å². The molecule has 136 valence electrons. The molecular weight excluding hydrogens is 337 g/mol. The highest BCUT2D eigenvalue weighted by Gasteiger charge is 2.30. The number of carboxylic acids is 1. The highest BCUT2D eigenvalue weighted by molar-refractivity contribution is 5.81. The zero-order valence-corrected chi connectivity index (χ0v) is 14.9. The number of amides is 1. The monoisotopic (exact) mass is 360 g/mol. The van der Waals surface area contributed by atoms with Crippen molar-refractivity contribution in [3.8, 4) is 11.1 Å². The van der Waals surface area contributed by atoms with E-state index in [1.807, 2.05) is 43.3 Å². The molecule has 1 aliphatic carbocycles. The molecule has 0 unspecified atom stereocenters. The summed E-state index contributed by atoms with van der Waals surface area (Å²) in [5, 5.41) is 11.8. The molecule has 26 heavy (non-hydrogen) atoms. The molecule has 2 aromatic carbocycles. The van der Waals surface area contributed by atoms with E-state index in [0.29, 0.717) is 6.42 Å². The molecule has 2 atom stereocenters. The van der Waals surface area contributed by atoms with Gasteiger partial charge in [-0.25, -0.2) is 9.59 Å². The van der Waals surface area contributed by atoms with Crippen LogP contribution in [0.15, 0.2) is 48.5 Å². The first-order valence-electron chi connectivity index (χ1n) is 8.87. The van der Waals surface area contributed by atoms with Crippen molar-refractivity contribution in [3.05, 3.63) is 59.7 Å². The molecule has 3 rings (SSSR count). The van der Waals surface area contributed by atoms with Gasteiger partial charge in [0.25, 0.3) is 0 Å². The Balaban J connectivity index is 1.72. The number of benzene rings is 2. The standard InChI is InChI=1S/C21H23NO4/c1-3-13(2)19(20(23)24)22-21(25)26-12-18-16-10-6-4-8-14(16)15-9-5-7-11-17(15)18/h4-11,13,18-19H,3,12H2,1-2H3,(H,22,25)(H,23,24)/t13-,19+/m1/s1/i1+1,2+1,3+1,13+1,19+1,20+1,22+1. The Morgan fingerprint density at radius 1 is 1.08 bits per heavy atom. The van der Waals surface area contributed by atoms with Crippen molar-refractivity contribution in [2.45, 2.75) is 32.2 Å². The first kappa shape index (κ1) is 18.0. The fraction of sp³-hybridized carbons (Fsp3) is 0.333. The molecule has 2 N–H and O–H groups in total. The van der Waals surface area contributed by atoms with E-state index < -0.39 is 18.1 Å². The Labute approximate surface area is 153 Å². The van der Waals surface area contributed by atoms with Gasteiger partial charge >= 0.3 is 12.1 Å². The fourth-order valence-corrected chi connectivity index (χ4v) is 3.45. The fourth-order valence-electron chi connectivity index (χ4n) is 3.45. The summed E-state index contributed by atoms with van der Waals surface area (Å²) in [7, 11) is 0. The molecule has 1 aliphatic rings. The smallest absolute Gasteiger partial charge is 0.407 e. The van der Waals surface area contributed by atoms with Crippen LogP contribution in [0.1, 0.15) is 37.3 Å². The van der Waals surface area contributed by atoms with Gasteiger partial charge in [0.05, 0.1) is 0 Å². The highest BCUT2D eigenvalue weighted by Crippen LogP contribution is 2.44. The number of alkyl carbamates (subject to hydrolysis) is 1. The van der Waals surface area contributed by atoms with Crippen molar-refractivity contribution >= 4 is 12.1 Å². The van der Waals surface area contributed by atoms with Crippen LogP contribution in [0.25, 0.3) is 11.1 Å². The van der Waals surface area contributed by atoms with Crippen LogP contribution in [-0.2, 0) is 9.53 Å². The van der Waals surface area contributed by atoms with Crippen molar-refractivity contribution in [3.63, 3.8) is 0 Å². The van der Waals surface area contributed by atoms with Crippen LogP contribution in [-0.4, -0.2) is 29.8 Å². The molecule has 0 bridgehead atoms. The second kappa shape index (κ2) is 7.60. The SMILES string of the molecule is [13CH3][13CH2][13C@@H]([13CH3])[13C@H]([15NH]C(=O)OCC1c2ccccc2-c2ccccc21)[13C](=O)O. The Bertz CT molecular complexity index is 772. The van der Waals surface area contributed by atoms with Gasteiger partial charge in [-0.15, -0.1) is 0 Å². The van der Waals surface area contributed by atoms with Gasteiger partial charge in [-0.1, -0.05) is 68.8 Å². The summed E-state index contributed by atoms with van der Waals surface area (Å²) in [5.74, 6) is -1.26. The molecule has 0 fully saturated rings. The summed E-state index contributed by atoms with van der Waals surface area (Å²) in [5.41, 5.74) is 4.55. The van der Waals surface area contributed by atoms with Gasteiger partial charge in [0.15, 0.2) is 0 Å². The van der Waals surface area contributed by atoms with Crippen molar-refractivity contribution in [2.75, 3.05) is 6.61 Å². The third-order valence-corrected chi connectivity index (χ3v) is 5.10. The lowest BCUT2D eigenvalue weighted by atomic mass is 9.98. The Hall–Kier alpha value is -2.82. The number of carbonyl (C=O) groups is 2. The molecule has 0 aromatic heterocycles. The predicted molar refractivity (Wildman–Crippen MR) is 99.1 cm³/mol. The lowest BCUT2D eigenvalue weighted by Crippen LogP contribution is -2.45. The van der Waals surface area contributed by atoms with E-state index in [-0.39, 0.29) is 18.4 Å². The van der Waals surface area contributed by atoms with E-state index in [1.165, 1.54) is 0 Å².